The van der Waals surface area contributed by atoms with Gasteiger partial charge in [-0.3, -0.25) is 4.68 Å². The molecule has 1 aromatic heterocycles. The lowest BCUT2D eigenvalue weighted by molar-refractivity contribution is 0.571. The first kappa shape index (κ1) is 14.8. The summed E-state index contributed by atoms with van der Waals surface area (Å²) in [5, 5.41) is 7.97. The quantitative estimate of drug-likeness (QED) is 0.862. The third kappa shape index (κ3) is 3.10. The largest absolute Gasteiger partial charge is 0.310 e. The minimum Gasteiger partial charge on any atom is -0.310 e. The summed E-state index contributed by atoms with van der Waals surface area (Å²) in [5.41, 5.74) is 5.06. The Balaban J connectivity index is 2.27. The van der Waals surface area contributed by atoms with Gasteiger partial charge in [-0.25, -0.2) is 0 Å². The molecule has 0 spiro atoms. The zero-order chi connectivity index (χ0) is 14.5. The molecule has 0 aliphatic carbocycles. The van der Waals surface area contributed by atoms with Crippen LogP contribution in [0.1, 0.15) is 44.5 Å². The van der Waals surface area contributed by atoms with E-state index in [2.05, 4.69) is 62.4 Å². The molecule has 108 valence electrons. The number of aryl methyl sites for hydroxylation is 1. The van der Waals surface area contributed by atoms with Crippen LogP contribution in [-0.4, -0.2) is 16.3 Å². The van der Waals surface area contributed by atoms with E-state index in [1.807, 2.05) is 10.9 Å². The van der Waals surface area contributed by atoms with Crippen molar-refractivity contribution in [1.29, 1.82) is 0 Å². The van der Waals surface area contributed by atoms with Crippen LogP contribution in [0, 0.1) is 6.92 Å². The maximum atomic E-state index is 4.44. The average molecular weight is 271 g/mol. The van der Waals surface area contributed by atoms with E-state index in [4.69, 9.17) is 0 Å². The number of rotatable bonds is 6. The molecular weight excluding hydrogens is 246 g/mol. The maximum Gasteiger partial charge on any atom is 0.0571 e. The van der Waals surface area contributed by atoms with Crippen LogP contribution < -0.4 is 5.32 Å². The Kier molecular flexibility index (Phi) is 4.96. The number of hydrogen-bond donors (Lipinski definition) is 1. The molecule has 1 atom stereocenters. The van der Waals surface area contributed by atoms with Gasteiger partial charge in [0.2, 0.25) is 0 Å². The van der Waals surface area contributed by atoms with Gasteiger partial charge in [0.25, 0.3) is 0 Å². The second-order valence-corrected chi connectivity index (χ2v) is 5.26. The maximum absolute atomic E-state index is 4.44. The molecule has 0 bridgehead atoms. The van der Waals surface area contributed by atoms with E-state index >= 15 is 0 Å². The molecule has 1 N–H and O–H groups in total. The van der Waals surface area contributed by atoms with Crippen LogP contribution in [0.15, 0.2) is 30.5 Å². The molecule has 1 aromatic carbocycles. The monoisotopic (exact) mass is 271 g/mol. The van der Waals surface area contributed by atoms with Gasteiger partial charge in [-0.1, -0.05) is 25.1 Å². The third-order valence-corrected chi connectivity index (χ3v) is 3.80. The highest BCUT2D eigenvalue weighted by molar-refractivity contribution is 5.66. The highest BCUT2D eigenvalue weighted by Gasteiger charge is 2.10. The summed E-state index contributed by atoms with van der Waals surface area (Å²) in [6.45, 7) is 10.6. The molecule has 3 heteroatoms. The van der Waals surface area contributed by atoms with Crippen LogP contribution in [0.4, 0.5) is 0 Å². The molecule has 0 amide bonds. The lowest BCUT2D eigenvalue weighted by atomic mass is 10.0. The molecule has 0 aliphatic rings. The predicted octanol–water partition coefficient (Wildman–Crippen LogP) is 3.94. The summed E-state index contributed by atoms with van der Waals surface area (Å²) < 4.78 is 2.04. The Labute approximate surface area is 122 Å². The van der Waals surface area contributed by atoms with E-state index in [0.29, 0.717) is 6.04 Å². The summed E-state index contributed by atoms with van der Waals surface area (Å²) in [6, 6.07) is 9.15. The van der Waals surface area contributed by atoms with Crippen molar-refractivity contribution in [2.75, 3.05) is 6.54 Å². The van der Waals surface area contributed by atoms with Gasteiger partial charge in [-0.2, -0.15) is 5.10 Å². The Morgan fingerprint density at radius 3 is 2.75 bits per heavy atom. The molecule has 0 saturated carbocycles. The molecule has 2 aromatic rings. The Hall–Kier alpha value is -1.61. The summed E-state index contributed by atoms with van der Waals surface area (Å²) in [7, 11) is 0. The van der Waals surface area contributed by atoms with E-state index in [1.165, 1.54) is 22.4 Å². The zero-order valence-electron chi connectivity index (χ0n) is 13.0. The van der Waals surface area contributed by atoms with Crippen LogP contribution in [0.25, 0.3) is 11.1 Å². The molecule has 3 nitrogen and oxygen atoms in total. The van der Waals surface area contributed by atoms with Crippen LogP contribution in [0.5, 0.6) is 0 Å². The van der Waals surface area contributed by atoms with Crippen molar-refractivity contribution in [3.05, 3.63) is 41.7 Å². The minimum absolute atomic E-state index is 0.386. The van der Waals surface area contributed by atoms with Crippen molar-refractivity contribution in [3.8, 4) is 11.1 Å². The summed E-state index contributed by atoms with van der Waals surface area (Å²) in [6.07, 6.45) is 3.13. The molecule has 1 unspecified atom stereocenters. The number of hydrogen-bond acceptors (Lipinski definition) is 2. The first-order chi connectivity index (χ1) is 9.67. The number of benzene rings is 1. The molecule has 2 rings (SSSR count). The van der Waals surface area contributed by atoms with Gasteiger partial charge >= 0.3 is 0 Å². The topological polar surface area (TPSA) is 29.9 Å². The van der Waals surface area contributed by atoms with Crippen molar-refractivity contribution in [3.63, 3.8) is 0 Å². The van der Waals surface area contributed by atoms with Crippen molar-refractivity contribution in [1.82, 2.24) is 15.1 Å². The van der Waals surface area contributed by atoms with E-state index in [0.717, 1.165) is 19.5 Å². The first-order valence-electron chi connectivity index (χ1n) is 7.53. The van der Waals surface area contributed by atoms with E-state index < -0.39 is 0 Å². The van der Waals surface area contributed by atoms with E-state index in [1.54, 1.807) is 0 Å². The van der Waals surface area contributed by atoms with Crippen LogP contribution >= 0.6 is 0 Å². The first-order valence-corrected chi connectivity index (χ1v) is 7.53. The van der Waals surface area contributed by atoms with Crippen LogP contribution in [0.2, 0.25) is 0 Å². The normalized spacial score (nSPS) is 12.6. The van der Waals surface area contributed by atoms with Gasteiger partial charge in [-0.05, 0) is 50.9 Å². The van der Waals surface area contributed by atoms with Crippen molar-refractivity contribution >= 4 is 0 Å². The molecule has 0 aliphatic heterocycles. The van der Waals surface area contributed by atoms with Crippen molar-refractivity contribution in [2.24, 2.45) is 0 Å². The second-order valence-electron chi connectivity index (χ2n) is 5.26. The fourth-order valence-corrected chi connectivity index (χ4v) is 2.50. The van der Waals surface area contributed by atoms with Gasteiger partial charge in [0, 0.05) is 23.8 Å². The Morgan fingerprint density at radius 2 is 2.10 bits per heavy atom. The van der Waals surface area contributed by atoms with Crippen molar-refractivity contribution < 1.29 is 0 Å². The summed E-state index contributed by atoms with van der Waals surface area (Å²) in [5.74, 6) is 0. The fourth-order valence-electron chi connectivity index (χ4n) is 2.50. The number of aromatic nitrogens is 2. The lowest BCUT2D eigenvalue weighted by Gasteiger charge is -2.14. The molecule has 0 radical (unpaired) electrons. The molecule has 1 heterocycles. The average Bonchev–Trinajstić information content (AvgIpc) is 2.85. The Bertz CT molecular complexity index is 557. The second kappa shape index (κ2) is 6.71. The lowest BCUT2D eigenvalue weighted by Crippen LogP contribution is -2.19. The molecule has 20 heavy (non-hydrogen) atoms. The van der Waals surface area contributed by atoms with E-state index in [-0.39, 0.29) is 0 Å². The van der Waals surface area contributed by atoms with E-state index in [9.17, 15) is 0 Å². The van der Waals surface area contributed by atoms with Crippen LogP contribution in [-0.2, 0) is 6.54 Å². The standard InChI is InChI=1S/C17H25N3/c1-5-10-18-13(3)15-8-7-9-16(11-15)17-12-19-20(6-2)14(17)4/h7-9,11-13,18H,5-6,10H2,1-4H3. The molecule has 0 saturated heterocycles. The summed E-state index contributed by atoms with van der Waals surface area (Å²) >= 11 is 0. The zero-order valence-corrected chi connectivity index (χ0v) is 13.0. The van der Waals surface area contributed by atoms with Crippen LogP contribution in [0.3, 0.4) is 0 Å². The summed E-state index contributed by atoms with van der Waals surface area (Å²) in [4.78, 5) is 0. The number of nitrogens with zero attached hydrogens (tertiary/aromatic N) is 2. The van der Waals surface area contributed by atoms with Gasteiger partial charge < -0.3 is 5.32 Å². The smallest absolute Gasteiger partial charge is 0.0571 e. The predicted molar refractivity (Wildman–Crippen MR) is 84.8 cm³/mol. The Morgan fingerprint density at radius 1 is 1.30 bits per heavy atom. The van der Waals surface area contributed by atoms with Gasteiger partial charge in [0.15, 0.2) is 0 Å². The fraction of sp³-hybridized carbons (Fsp3) is 0.471. The number of nitrogens with one attached hydrogen (secondary N) is 1. The van der Waals surface area contributed by atoms with Gasteiger partial charge in [0.05, 0.1) is 6.20 Å². The van der Waals surface area contributed by atoms with Crippen molar-refractivity contribution in [2.45, 2.75) is 46.7 Å². The van der Waals surface area contributed by atoms with Gasteiger partial charge in [-0.15, -0.1) is 0 Å². The minimum atomic E-state index is 0.386. The SMILES string of the molecule is CCCNC(C)c1cccc(-c2cnn(CC)c2C)c1. The van der Waals surface area contributed by atoms with Gasteiger partial charge in [0.1, 0.15) is 0 Å². The third-order valence-electron chi connectivity index (χ3n) is 3.80. The highest BCUT2D eigenvalue weighted by Crippen LogP contribution is 2.25. The molecular formula is C17H25N3. The molecule has 0 fully saturated rings. The highest BCUT2D eigenvalue weighted by atomic mass is 15.3.